The Morgan fingerprint density at radius 2 is 2.05 bits per heavy atom. The maximum atomic E-state index is 13.3. The van der Waals surface area contributed by atoms with Gasteiger partial charge in [0.05, 0.1) is 4.47 Å². The van der Waals surface area contributed by atoms with E-state index >= 15 is 0 Å². The SMILES string of the molecule is CC1(C)C(Nc2ccc(F)c(Br)c2)[C@]2(C)CC[C@H]1C2. The standard InChI is InChI=1S/C16H21BrFN/c1-15(2)10-6-7-16(3,9-10)14(15)19-11-4-5-13(18)12(17)8-11/h4-5,8,10,14,19H,6-7,9H2,1-3H3/t10-,14?,16+/m0/s1. The molecule has 1 unspecified atom stereocenters. The first-order chi connectivity index (χ1) is 8.83. The van der Waals surface area contributed by atoms with Crippen molar-refractivity contribution >= 4 is 21.6 Å². The van der Waals surface area contributed by atoms with Gasteiger partial charge in [0.2, 0.25) is 0 Å². The molecule has 0 amide bonds. The first kappa shape index (κ1) is 13.4. The molecule has 2 aliphatic carbocycles. The summed E-state index contributed by atoms with van der Waals surface area (Å²) in [6.45, 7) is 7.15. The van der Waals surface area contributed by atoms with Gasteiger partial charge in [-0.1, -0.05) is 20.8 Å². The summed E-state index contributed by atoms with van der Waals surface area (Å²) in [5.74, 6) is 0.614. The van der Waals surface area contributed by atoms with E-state index in [4.69, 9.17) is 0 Å². The molecule has 0 heterocycles. The Balaban J connectivity index is 1.88. The summed E-state index contributed by atoms with van der Waals surface area (Å²) in [6, 6.07) is 5.68. The van der Waals surface area contributed by atoms with Crippen molar-refractivity contribution in [3.8, 4) is 0 Å². The molecular weight excluding hydrogens is 305 g/mol. The number of benzene rings is 1. The fraction of sp³-hybridized carbons (Fsp3) is 0.625. The minimum atomic E-state index is -0.205. The second-order valence-electron chi connectivity index (χ2n) is 7.12. The minimum Gasteiger partial charge on any atom is -0.381 e. The van der Waals surface area contributed by atoms with E-state index in [1.54, 1.807) is 0 Å². The highest BCUT2D eigenvalue weighted by molar-refractivity contribution is 9.10. The summed E-state index contributed by atoms with van der Waals surface area (Å²) >= 11 is 3.26. The zero-order valence-electron chi connectivity index (χ0n) is 11.8. The largest absolute Gasteiger partial charge is 0.381 e. The Labute approximate surface area is 123 Å². The topological polar surface area (TPSA) is 12.0 Å². The molecule has 1 nitrogen and oxygen atoms in total. The molecule has 2 fully saturated rings. The van der Waals surface area contributed by atoms with Crippen LogP contribution in [0.4, 0.5) is 10.1 Å². The molecule has 104 valence electrons. The van der Waals surface area contributed by atoms with Crippen LogP contribution in [-0.4, -0.2) is 6.04 Å². The lowest BCUT2D eigenvalue weighted by Gasteiger charge is -2.43. The van der Waals surface area contributed by atoms with Crippen LogP contribution in [-0.2, 0) is 0 Å². The molecular formula is C16H21BrFN. The van der Waals surface area contributed by atoms with Crippen LogP contribution in [0.25, 0.3) is 0 Å². The van der Waals surface area contributed by atoms with E-state index in [2.05, 4.69) is 42.0 Å². The lowest BCUT2D eigenvalue weighted by molar-refractivity contribution is 0.155. The second kappa shape index (κ2) is 4.21. The van der Waals surface area contributed by atoms with E-state index in [9.17, 15) is 4.39 Å². The fourth-order valence-electron chi connectivity index (χ4n) is 4.41. The third-order valence-electron chi connectivity index (χ3n) is 5.50. The van der Waals surface area contributed by atoms with Gasteiger partial charge in [0.1, 0.15) is 5.82 Å². The summed E-state index contributed by atoms with van der Waals surface area (Å²) < 4.78 is 13.8. The molecule has 0 radical (unpaired) electrons. The second-order valence-corrected chi connectivity index (χ2v) is 7.98. The molecule has 3 atom stereocenters. The number of nitrogens with one attached hydrogen (secondary N) is 1. The first-order valence-electron chi connectivity index (χ1n) is 7.04. The van der Waals surface area contributed by atoms with Crippen molar-refractivity contribution in [2.24, 2.45) is 16.7 Å². The molecule has 2 bridgehead atoms. The van der Waals surface area contributed by atoms with Gasteiger partial charge in [-0.3, -0.25) is 0 Å². The Hall–Kier alpha value is -0.570. The van der Waals surface area contributed by atoms with Crippen molar-refractivity contribution in [3.05, 3.63) is 28.5 Å². The number of hydrogen-bond acceptors (Lipinski definition) is 1. The minimum absolute atomic E-state index is 0.205. The summed E-state index contributed by atoms with van der Waals surface area (Å²) in [4.78, 5) is 0. The molecule has 0 spiro atoms. The quantitative estimate of drug-likeness (QED) is 0.786. The van der Waals surface area contributed by atoms with Crippen LogP contribution >= 0.6 is 15.9 Å². The summed E-state index contributed by atoms with van der Waals surface area (Å²) in [6.07, 6.45) is 3.98. The van der Waals surface area contributed by atoms with Crippen molar-refractivity contribution in [2.75, 3.05) is 5.32 Å². The highest BCUT2D eigenvalue weighted by Gasteiger charge is 2.59. The fourth-order valence-corrected chi connectivity index (χ4v) is 4.79. The van der Waals surface area contributed by atoms with Gasteiger partial charge >= 0.3 is 0 Å². The van der Waals surface area contributed by atoms with Crippen LogP contribution < -0.4 is 5.32 Å². The van der Waals surface area contributed by atoms with Gasteiger partial charge < -0.3 is 5.32 Å². The van der Waals surface area contributed by atoms with Crippen molar-refractivity contribution in [3.63, 3.8) is 0 Å². The molecule has 0 aromatic heterocycles. The van der Waals surface area contributed by atoms with Crippen LogP contribution in [0.3, 0.4) is 0 Å². The third kappa shape index (κ3) is 2.01. The van der Waals surface area contributed by atoms with E-state index in [0.29, 0.717) is 21.3 Å². The monoisotopic (exact) mass is 325 g/mol. The van der Waals surface area contributed by atoms with Crippen molar-refractivity contribution in [2.45, 2.75) is 46.1 Å². The van der Waals surface area contributed by atoms with Gasteiger partial charge in [0.25, 0.3) is 0 Å². The molecule has 1 aromatic carbocycles. The van der Waals surface area contributed by atoms with Crippen LogP contribution in [0.15, 0.2) is 22.7 Å². The van der Waals surface area contributed by atoms with Gasteiger partial charge in [-0.2, -0.15) is 0 Å². The van der Waals surface area contributed by atoms with E-state index in [0.717, 1.165) is 11.6 Å². The summed E-state index contributed by atoms with van der Waals surface area (Å²) in [5.41, 5.74) is 1.71. The van der Waals surface area contributed by atoms with Crippen LogP contribution in [0.5, 0.6) is 0 Å². The predicted molar refractivity (Wildman–Crippen MR) is 80.7 cm³/mol. The van der Waals surface area contributed by atoms with Gasteiger partial charge in [-0.25, -0.2) is 4.39 Å². The van der Waals surface area contributed by atoms with E-state index in [1.165, 1.54) is 25.3 Å². The smallest absolute Gasteiger partial charge is 0.137 e. The molecule has 1 aromatic rings. The summed E-state index contributed by atoms with van der Waals surface area (Å²) in [7, 11) is 0. The molecule has 1 N–H and O–H groups in total. The van der Waals surface area contributed by atoms with Crippen LogP contribution in [0, 0.1) is 22.6 Å². The van der Waals surface area contributed by atoms with Gasteiger partial charge in [-0.05, 0) is 70.1 Å². The summed E-state index contributed by atoms with van der Waals surface area (Å²) in [5, 5.41) is 3.67. The number of halogens is 2. The first-order valence-corrected chi connectivity index (χ1v) is 7.84. The van der Waals surface area contributed by atoms with E-state index in [-0.39, 0.29) is 5.82 Å². The van der Waals surface area contributed by atoms with Gasteiger partial charge in [0.15, 0.2) is 0 Å². The normalized spacial score (nSPS) is 35.6. The molecule has 0 saturated heterocycles. The zero-order valence-corrected chi connectivity index (χ0v) is 13.3. The van der Waals surface area contributed by atoms with Gasteiger partial charge in [-0.15, -0.1) is 0 Å². The highest BCUT2D eigenvalue weighted by atomic mass is 79.9. The molecule has 19 heavy (non-hydrogen) atoms. The zero-order chi connectivity index (χ0) is 13.8. The lowest BCUT2D eigenvalue weighted by atomic mass is 9.68. The van der Waals surface area contributed by atoms with Crippen molar-refractivity contribution in [1.29, 1.82) is 0 Å². The number of rotatable bonds is 2. The molecule has 2 saturated carbocycles. The molecule has 3 rings (SSSR count). The Morgan fingerprint density at radius 3 is 2.63 bits per heavy atom. The molecule has 2 aliphatic rings. The Kier molecular flexibility index (Phi) is 2.97. The predicted octanol–water partition coefficient (Wildman–Crippen LogP) is 5.21. The Bertz CT molecular complexity index is 509. The number of fused-ring (bicyclic) bond motifs is 2. The van der Waals surface area contributed by atoms with E-state index in [1.807, 2.05) is 12.1 Å². The maximum Gasteiger partial charge on any atom is 0.137 e. The van der Waals surface area contributed by atoms with Crippen LogP contribution in [0.1, 0.15) is 40.0 Å². The Morgan fingerprint density at radius 1 is 1.32 bits per heavy atom. The maximum absolute atomic E-state index is 13.3. The highest BCUT2D eigenvalue weighted by Crippen LogP contribution is 2.63. The average molecular weight is 326 g/mol. The number of hydrogen-bond donors (Lipinski definition) is 1. The van der Waals surface area contributed by atoms with Crippen molar-refractivity contribution < 1.29 is 4.39 Å². The van der Waals surface area contributed by atoms with E-state index < -0.39 is 0 Å². The lowest BCUT2D eigenvalue weighted by Crippen LogP contribution is -2.45. The average Bonchev–Trinajstić information content (AvgIpc) is 2.80. The molecule has 3 heteroatoms. The van der Waals surface area contributed by atoms with Crippen LogP contribution in [0.2, 0.25) is 0 Å². The van der Waals surface area contributed by atoms with Crippen molar-refractivity contribution in [1.82, 2.24) is 0 Å². The van der Waals surface area contributed by atoms with Gasteiger partial charge in [0, 0.05) is 11.7 Å². The number of anilines is 1. The third-order valence-corrected chi connectivity index (χ3v) is 6.11. The molecule has 0 aliphatic heterocycles.